The SMILES string of the molecule is O=C1NC(=O)/C(=C/c2cccc(CCCCC3CCCC3)c2Cl)S1. The van der Waals surface area contributed by atoms with Crippen molar-refractivity contribution in [1.82, 2.24) is 5.32 Å². The molecule has 0 unspecified atom stereocenters. The summed E-state index contributed by atoms with van der Waals surface area (Å²) in [7, 11) is 0. The van der Waals surface area contributed by atoms with Gasteiger partial charge in [-0.25, -0.2) is 0 Å². The monoisotopic (exact) mass is 363 g/mol. The van der Waals surface area contributed by atoms with Crippen LogP contribution in [0.25, 0.3) is 6.08 Å². The molecule has 1 N–H and O–H groups in total. The first kappa shape index (κ1) is 17.6. The zero-order chi connectivity index (χ0) is 16.9. The second-order valence-electron chi connectivity index (χ2n) is 6.57. The second-order valence-corrected chi connectivity index (χ2v) is 7.96. The number of benzene rings is 1. The first-order chi connectivity index (χ1) is 11.6. The van der Waals surface area contributed by atoms with Crippen molar-refractivity contribution >= 4 is 40.6 Å². The number of rotatable bonds is 6. The molecule has 2 aliphatic rings. The molecule has 128 valence electrons. The third-order valence-corrected chi connectivity index (χ3v) is 6.09. The van der Waals surface area contributed by atoms with Gasteiger partial charge in [-0.05, 0) is 47.7 Å². The van der Waals surface area contributed by atoms with Gasteiger partial charge in [0.05, 0.1) is 9.93 Å². The topological polar surface area (TPSA) is 46.2 Å². The zero-order valence-electron chi connectivity index (χ0n) is 13.6. The van der Waals surface area contributed by atoms with Crippen LogP contribution in [0.3, 0.4) is 0 Å². The van der Waals surface area contributed by atoms with Crippen LogP contribution in [0.2, 0.25) is 5.02 Å². The average Bonchev–Trinajstić information content (AvgIpc) is 3.17. The number of imide groups is 1. The molecule has 1 saturated carbocycles. The number of amides is 2. The molecule has 24 heavy (non-hydrogen) atoms. The minimum absolute atomic E-state index is 0.328. The van der Waals surface area contributed by atoms with Gasteiger partial charge in [-0.15, -0.1) is 0 Å². The molecule has 1 aliphatic heterocycles. The Kier molecular flexibility index (Phi) is 6.01. The lowest BCUT2D eigenvalue weighted by molar-refractivity contribution is -0.115. The molecule has 0 radical (unpaired) electrons. The molecule has 2 fully saturated rings. The van der Waals surface area contributed by atoms with Crippen LogP contribution in [0.4, 0.5) is 4.79 Å². The Balaban J connectivity index is 1.59. The minimum Gasteiger partial charge on any atom is -0.282 e. The molecule has 0 bridgehead atoms. The highest BCUT2D eigenvalue weighted by Gasteiger charge is 2.25. The fourth-order valence-corrected chi connectivity index (χ4v) is 4.46. The molecule has 3 nitrogen and oxygen atoms in total. The van der Waals surface area contributed by atoms with Gasteiger partial charge in [0.25, 0.3) is 11.1 Å². The Morgan fingerprint density at radius 1 is 1.21 bits per heavy atom. The summed E-state index contributed by atoms with van der Waals surface area (Å²) in [6, 6.07) is 5.89. The van der Waals surface area contributed by atoms with E-state index in [1.165, 1.54) is 38.5 Å². The molecular weight excluding hydrogens is 342 g/mol. The number of unbranched alkanes of at least 4 members (excludes halogenated alkanes) is 1. The summed E-state index contributed by atoms with van der Waals surface area (Å²) in [4.78, 5) is 23.3. The lowest BCUT2D eigenvalue weighted by Gasteiger charge is -2.10. The van der Waals surface area contributed by atoms with E-state index >= 15 is 0 Å². The molecule has 0 aromatic heterocycles. The smallest absolute Gasteiger partial charge is 0.282 e. The molecule has 0 atom stereocenters. The van der Waals surface area contributed by atoms with Gasteiger partial charge < -0.3 is 0 Å². The van der Waals surface area contributed by atoms with Crippen molar-refractivity contribution in [2.75, 3.05) is 0 Å². The zero-order valence-corrected chi connectivity index (χ0v) is 15.2. The van der Waals surface area contributed by atoms with Gasteiger partial charge in [0, 0.05) is 0 Å². The van der Waals surface area contributed by atoms with Crippen molar-refractivity contribution < 1.29 is 9.59 Å². The van der Waals surface area contributed by atoms with E-state index in [0.717, 1.165) is 41.6 Å². The van der Waals surface area contributed by atoms with Crippen LogP contribution in [0.5, 0.6) is 0 Å². The normalized spacial score (nSPS) is 20.1. The Labute approximate surface area is 152 Å². The summed E-state index contributed by atoms with van der Waals surface area (Å²) in [6.07, 6.45) is 12.0. The quantitative estimate of drug-likeness (QED) is 0.531. The third-order valence-electron chi connectivity index (χ3n) is 4.82. The van der Waals surface area contributed by atoms with Crippen molar-refractivity contribution in [3.63, 3.8) is 0 Å². The number of hydrogen-bond acceptors (Lipinski definition) is 3. The first-order valence-electron chi connectivity index (χ1n) is 8.66. The maximum atomic E-state index is 11.7. The highest BCUT2D eigenvalue weighted by Crippen LogP contribution is 2.31. The standard InChI is InChI=1S/C19H22ClNO2S/c20-17-14(9-4-3-8-13-6-1-2-7-13)10-5-11-15(17)12-16-18(22)21-19(23)24-16/h5,10-13H,1-4,6-9H2,(H,21,22,23)/b16-12-. The summed E-state index contributed by atoms with van der Waals surface area (Å²) >= 11 is 7.43. The van der Waals surface area contributed by atoms with Crippen molar-refractivity contribution in [2.24, 2.45) is 5.92 Å². The van der Waals surface area contributed by atoms with E-state index in [-0.39, 0.29) is 11.1 Å². The van der Waals surface area contributed by atoms with E-state index in [9.17, 15) is 9.59 Å². The van der Waals surface area contributed by atoms with Gasteiger partial charge >= 0.3 is 0 Å². The Bertz CT molecular complexity index is 665. The van der Waals surface area contributed by atoms with E-state index in [0.29, 0.717) is 9.93 Å². The number of carbonyl (C=O) groups is 2. The maximum absolute atomic E-state index is 11.7. The van der Waals surface area contributed by atoms with E-state index in [4.69, 9.17) is 11.6 Å². The van der Waals surface area contributed by atoms with Gasteiger partial charge in [0.15, 0.2) is 0 Å². The van der Waals surface area contributed by atoms with E-state index in [1.54, 1.807) is 6.08 Å². The Hall–Kier alpha value is -1.26. The van der Waals surface area contributed by atoms with Crippen molar-refractivity contribution in [1.29, 1.82) is 0 Å². The van der Waals surface area contributed by atoms with Crippen LogP contribution < -0.4 is 5.32 Å². The van der Waals surface area contributed by atoms with Gasteiger partial charge in [-0.1, -0.05) is 68.3 Å². The molecule has 1 aliphatic carbocycles. The molecule has 5 heteroatoms. The van der Waals surface area contributed by atoms with Gasteiger partial charge in [0.2, 0.25) is 0 Å². The molecule has 3 rings (SSSR count). The van der Waals surface area contributed by atoms with E-state index < -0.39 is 0 Å². The van der Waals surface area contributed by atoms with Crippen molar-refractivity contribution in [3.8, 4) is 0 Å². The van der Waals surface area contributed by atoms with Crippen LogP contribution >= 0.6 is 23.4 Å². The molecular formula is C19H22ClNO2S. The minimum atomic E-state index is -0.344. The summed E-state index contributed by atoms with van der Waals surface area (Å²) in [5.74, 6) is 0.593. The average molecular weight is 364 g/mol. The van der Waals surface area contributed by atoms with E-state index in [2.05, 4.69) is 5.32 Å². The second kappa shape index (κ2) is 8.21. The molecule has 1 saturated heterocycles. The maximum Gasteiger partial charge on any atom is 0.290 e. The summed E-state index contributed by atoms with van der Waals surface area (Å²) in [6.45, 7) is 0. The first-order valence-corrected chi connectivity index (χ1v) is 9.85. The number of thioether (sulfide) groups is 1. The Morgan fingerprint density at radius 2 is 2.00 bits per heavy atom. The molecule has 2 amide bonds. The number of nitrogens with one attached hydrogen (secondary N) is 1. The predicted octanol–water partition coefficient (Wildman–Crippen LogP) is 5.57. The summed E-state index contributed by atoms with van der Waals surface area (Å²) < 4.78 is 0. The lowest BCUT2D eigenvalue weighted by atomic mass is 9.98. The largest absolute Gasteiger partial charge is 0.290 e. The van der Waals surface area contributed by atoms with Crippen LogP contribution in [0.15, 0.2) is 23.1 Å². The number of carbonyl (C=O) groups excluding carboxylic acids is 2. The fraction of sp³-hybridized carbons (Fsp3) is 0.474. The molecule has 0 spiro atoms. The fourth-order valence-electron chi connectivity index (χ4n) is 3.51. The van der Waals surface area contributed by atoms with Crippen LogP contribution in [0.1, 0.15) is 56.1 Å². The summed E-state index contributed by atoms with van der Waals surface area (Å²) in [5, 5.41) is 2.63. The number of halogens is 1. The van der Waals surface area contributed by atoms with Crippen molar-refractivity contribution in [3.05, 3.63) is 39.3 Å². The highest BCUT2D eigenvalue weighted by molar-refractivity contribution is 8.18. The van der Waals surface area contributed by atoms with Gasteiger partial charge in [-0.3, -0.25) is 14.9 Å². The number of hydrogen-bond donors (Lipinski definition) is 1. The van der Waals surface area contributed by atoms with Crippen LogP contribution in [-0.2, 0) is 11.2 Å². The predicted molar refractivity (Wildman–Crippen MR) is 100 cm³/mol. The molecule has 1 aromatic rings. The van der Waals surface area contributed by atoms with Crippen molar-refractivity contribution in [2.45, 2.75) is 51.4 Å². The van der Waals surface area contributed by atoms with Gasteiger partial charge in [0.1, 0.15) is 0 Å². The Morgan fingerprint density at radius 3 is 2.71 bits per heavy atom. The lowest BCUT2D eigenvalue weighted by Crippen LogP contribution is -2.17. The van der Waals surface area contributed by atoms with E-state index in [1.807, 2.05) is 18.2 Å². The molecule has 1 heterocycles. The third kappa shape index (κ3) is 4.42. The van der Waals surface area contributed by atoms with Crippen LogP contribution in [0, 0.1) is 5.92 Å². The highest BCUT2D eigenvalue weighted by atomic mass is 35.5. The van der Waals surface area contributed by atoms with Crippen LogP contribution in [-0.4, -0.2) is 11.1 Å². The number of aryl methyl sites for hydroxylation is 1. The van der Waals surface area contributed by atoms with Gasteiger partial charge in [-0.2, -0.15) is 0 Å². The molecule has 1 aromatic carbocycles. The summed E-state index contributed by atoms with van der Waals surface area (Å²) in [5.41, 5.74) is 1.92.